The Morgan fingerprint density at radius 3 is 1.52 bits per heavy atom. The summed E-state index contributed by atoms with van der Waals surface area (Å²) in [4.78, 5) is 79.5. The number of hydrogen-bond acceptors (Lipinski definition) is 14. The topological polar surface area (TPSA) is 234 Å². The number of fused-ring (bicyclic) bond motifs is 11. The van der Waals surface area contributed by atoms with E-state index in [1.165, 1.54) is 52.3 Å². The highest BCUT2D eigenvalue weighted by Crippen LogP contribution is 2.37. The number of imidazole rings is 1. The summed E-state index contributed by atoms with van der Waals surface area (Å²) in [7, 11) is 0. The first-order valence-corrected chi connectivity index (χ1v) is 36.6. The molecule has 16 rings (SSSR count). The predicted octanol–water partition coefficient (Wildman–Crippen LogP) is 18.6. The molecule has 522 valence electrons. The Morgan fingerprint density at radius 2 is 0.961 bits per heavy atom. The van der Waals surface area contributed by atoms with Gasteiger partial charge in [-0.1, -0.05) is 111 Å². The van der Waals surface area contributed by atoms with Crippen LogP contribution in [0.4, 0.5) is 29.2 Å². The number of carbonyl (C=O) groups is 4. The van der Waals surface area contributed by atoms with Crippen molar-refractivity contribution in [3.05, 3.63) is 279 Å². The molecule has 4 N–H and O–H groups in total. The van der Waals surface area contributed by atoms with Crippen molar-refractivity contribution in [3.63, 3.8) is 0 Å². The summed E-state index contributed by atoms with van der Waals surface area (Å²) in [6.07, 6.45) is 24.0. The molecule has 1 amide bonds. The van der Waals surface area contributed by atoms with Crippen molar-refractivity contribution in [2.24, 2.45) is 5.16 Å². The van der Waals surface area contributed by atoms with E-state index in [0.29, 0.717) is 42.1 Å². The number of nitrogens with zero attached hydrogens (tertiary/aromatic N) is 9. The molecule has 5 aliphatic rings. The van der Waals surface area contributed by atoms with Crippen molar-refractivity contribution < 1.29 is 41.9 Å². The van der Waals surface area contributed by atoms with Crippen molar-refractivity contribution in [1.82, 2.24) is 39.5 Å². The van der Waals surface area contributed by atoms with E-state index >= 15 is 0 Å². The molecule has 0 saturated heterocycles. The summed E-state index contributed by atoms with van der Waals surface area (Å²) in [6, 6.07) is 37.0. The first kappa shape index (κ1) is 73.1. The number of hydrogen-bond donors (Lipinski definition) is 3. The van der Waals surface area contributed by atoms with Crippen LogP contribution in [0.5, 0.6) is 0 Å². The molecule has 0 saturated carbocycles. The lowest BCUT2D eigenvalue weighted by Gasteiger charge is -2.12. The highest BCUT2D eigenvalue weighted by Gasteiger charge is 2.26. The molecule has 0 bridgehead atoms. The Labute approximate surface area is 624 Å². The Hall–Kier alpha value is -9.62. The number of rotatable bonds is 6. The first-order valence-electron chi connectivity index (χ1n) is 33.5. The van der Waals surface area contributed by atoms with Gasteiger partial charge in [-0.25, -0.2) is 32.5 Å². The second kappa shape index (κ2) is 33.7. The zero-order chi connectivity index (χ0) is 72.3. The Bertz CT molecular complexity index is 5060. The molecular formula is C79H65Br4F4N11O5. The zero-order valence-electron chi connectivity index (χ0n) is 55.3. The summed E-state index contributed by atoms with van der Waals surface area (Å²) >= 11 is 13.7. The number of halogens is 8. The normalized spacial score (nSPS) is 14.2. The van der Waals surface area contributed by atoms with Crippen molar-refractivity contribution in [1.29, 1.82) is 0 Å². The molecule has 5 aliphatic carbocycles. The largest absolute Gasteiger partial charge is 0.411 e. The second-order valence-corrected chi connectivity index (χ2v) is 28.6. The van der Waals surface area contributed by atoms with E-state index in [1.807, 2.05) is 59.3 Å². The van der Waals surface area contributed by atoms with Gasteiger partial charge in [0.05, 0.1) is 70.6 Å². The van der Waals surface area contributed by atoms with Gasteiger partial charge in [0.1, 0.15) is 40.4 Å². The standard InChI is InChI=1S/C23H17F2N5O.C21H15BrF2N2O.C13H12BrN3.C11H10BrNO2.C11H11BrO/c24-17-4-2-5-18(25)21(17)23(31)29-20-12-27-22-16-11-15(30-10-9-26-13-30)8-7-14(16)3-1-6-19(22)28-20;22-13-8-7-12-3-1-6-18-21(15(12)9-13)25-11-14(26-18)10-19(27)20-16(23)4-2-5-17(20)24;14-9-5-4-8-2-1-3-11-13(10(8)6-9)16-7-12(15)17-11;12-8-5-4-7-2-1-3-10(13-15)11(14)9(7)6-8;12-9-6-5-8-3-1-2-4-11(13)10(8)7-9/h2,4-5,7-13H,1,3,6H2,(H,28,29,31);2,4-5,7-9,11H,1,3,6,10H2;4-7H,1-3H2,(H2,15,17);4-6,15H,1-3H2;5-7H,1-4H2/b;;;13-10+;. The number of nitrogens with two attached hydrogens (primary N) is 1. The van der Waals surface area contributed by atoms with Crippen molar-refractivity contribution in [2.45, 2.75) is 109 Å². The number of amides is 1. The molecule has 7 aromatic carbocycles. The number of nitrogens with one attached hydrogen (secondary N) is 1. The maximum absolute atomic E-state index is 13.9. The third-order valence-corrected chi connectivity index (χ3v) is 20.0. The Balaban J connectivity index is 0.000000126. The van der Waals surface area contributed by atoms with Gasteiger partial charge >= 0.3 is 0 Å². The zero-order valence-corrected chi connectivity index (χ0v) is 61.7. The fraction of sp³-hybridized carbons (Fsp3) is 0.215. The minimum atomic E-state index is -0.929. The lowest BCUT2D eigenvalue weighted by molar-refractivity contribution is 0.0974. The third kappa shape index (κ3) is 17.7. The van der Waals surface area contributed by atoms with E-state index < -0.39 is 46.1 Å². The van der Waals surface area contributed by atoms with Crippen molar-refractivity contribution in [3.8, 4) is 39.5 Å². The predicted molar refractivity (Wildman–Crippen MR) is 401 cm³/mol. The van der Waals surface area contributed by atoms with Gasteiger partial charge in [-0.3, -0.25) is 39.1 Å². The third-order valence-electron chi connectivity index (χ3n) is 18.0. The number of carbonyl (C=O) groups excluding carboxylic acids is 4. The lowest BCUT2D eigenvalue weighted by atomic mass is 10.0. The van der Waals surface area contributed by atoms with Crippen LogP contribution in [-0.2, 0) is 57.8 Å². The van der Waals surface area contributed by atoms with Gasteiger partial charge in [-0.15, -0.1) is 0 Å². The quantitative estimate of drug-likeness (QED) is 0.0463. The van der Waals surface area contributed by atoms with Crippen molar-refractivity contribution >= 4 is 104 Å². The van der Waals surface area contributed by atoms with Crippen LogP contribution in [0.3, 0.4) is 0 Å². The molecule has 0 aliphatic heterocycles. The molecule has 16 nitrogen and oxygen atoms in total. The van der Waals surface area contributed by atoms with E-state index in [0.717, 1.165) is 188 Å². The molecule has 4 aromatic heterocycles. The van der Waals surface area contributed by atoms with Crippen LogP contribution >= 0.6 is 63.7 Å². The number of ketones is 3. The number of anilines is 2. The summed E-state index contributed by atoms with van der Waals surface area (Å²) in [6.45, 7) is 0. The van der Waals surface area contributed by atoms with Gasteiger partial charge in [0.2, 0.25) is 5.78 Å². The molecule has 0 atom stereocenters. The minimum absolute atomic E-state index is 0.153. The number of aromatic nitrogens is 8. The first-order chi connectivity index (χ1) is 49.8. The van der Waals surface area contributed by atoms with Crippen LogP contribution < -0.4 is 11.1 Å². The average molecular weight is 1640 g/mol. The maximum atomic E-state index is 13.9. The van der Waals surface area contributed by atoms with Crippen LogP contribution in [0, 0.1) is 23.3 Å². The smallest absolute Gasteiger partial charge is 0.262 e. The fourth-order valence-electron chi connectivity index (χ4n) is 13.0. The summed E-state index contributed by atoms with van der Waals surface area (Å²) in [5.74, 6) is -4.33. The number of Topliss-reactive ketones (excluding diaryl/α,β-unsaturated/α-hetero) is 3. The highest BCUT2D eigenvalue weighted by atomic mass is 79.9. The van der Waals surface area contributed by atoms with Gasteiger partial charge in [-0.05, 0) is 209 Å². The van der Waals surface area contributed by atoms with Crippen LogP contribution in [0.1, 0.15) is 143 Å². The Kier molecular flexibility index (Phi) is 23.9. The molecule has 103 heavy (non-hydrogen) atoms. The van der Waals surface area contributed by atoms with Crippen LogP contribution in [-0.4, -0.2) is 73.6 Å². The molecule has 0 fully saturated rings. The van der Waals surface area contributed by atoms with Crippen LogP contribution in [0.25, 0.3) is 39.5 Å². The van der Waals surface area contributed by atoms with E-state index in [1.54, 1.807) is 24.8 Å². The van der Waals surface area contributed by atoms with Gasteiger partial charge < -0.3 is 20.8 Å². The van der Waals surface area contributed by atoms with E-state index in [4.69, 9.17) is 10.9 Å². The maximum Gasteiger partial charge on any atom is 0.262 e. The summed E-state index contributed by atoms with van der Waals surface area (Å²) < 4.78 is 61.3. The second-order valence-electron chi connectivity index (χ2n) is 25.0. The van der Waals surface area contributed by atoms with Gasteiger partial charge in [-0.2, -0.15) is 0 Å². The molecular weight excluding hydrogens is 1580 g/mol. The number of oxime groups is 1. The fourth-order valence-corrected chi connectivity index (χ4v) is 14.5. The van der Waals surface area contributed by atoms with E-state index in [9.17, 15) is 36.7 Å². The number of nitrogen functional groups attached to an aromatic ring is 1. The number of benzene rings is 7. The monoisotopic (exact) mass is 1640 g/mol. The lowest BCUT2D eigenvalue weighted by Crippen LogP contribution is -2.17. The molecule has 4 heterocycles. The summed E-state index contributed by atoms with van der Waals surface area (Å²) in [5.41, 5.74) is 22.0. The van der Waals surface area contributed by atoms with Crippen LogP contribution in [0.2, 0.25) is 0 Å². The van der Waals surface area contributed by atoms with Gasteiger partial charge in [0.25, 0.3) is 5.91 Å². The summed E-state index contributed by atoms with van der Waals surface area (Å²) in [5, 5.41) is 14.3. The molecule has 0 spiro atoms. The molecule has 11 aromatic rings. The average Bonchev–Trinajstić information content (AvgIpc) is 1.24. The number of aryl methyl sites for hydroxylation is 8. The molecule has 0 radical (unpaired) electrons. The molecule has 24 heteroatoms. The highest BCUT2D eigenvalue weighted by molar-refractivity contribution is 9.11. The van der Waals surface area contributed by atoms with Crippen molar-refractivity contribution in [2.75, 3.05) is 11.1 Å². The SMILES string of the molecule is Nc1cnc2c(n1)CCCc1ccc(Br)cc1-2.O=C(Cc1cnc2c(n1)CCCc1ccc(Br)cc1-2)c1c(F)cccc1F.O=C(Nc1cnc2c(n1)CCCc1ccc(-n3ccnc3)cc1-2)c1c(F)cccc1F.O=C1/C(=N/O)CCCc2ccc(Br)cc21.O=C1CCCCc2ccc(Br)cc21. The van der Waals surface area contributed by atoms with Gasteiger partial charge in [0.15, 0.2) is 17.4 Å². The molecule has 0 unspecified atom stereocenters. The Morgan fingerprint density at radius 1 is 0.505 bits per heavy atom. The van der Waals surface area contributed by atoms with Gasteiger partial charge in [0, 0.05) is 76.4 Å². The van der Waals surface area contributed by atoms with E-state index in [-0.39, 0.29) is 23.7 Å². The minimum Gasteiger partial charge on any atom is -0.411 e. The van der Waals surface area contributed by atoms with Crippen LogP contribution in [0.15, 0.2) is 188 Å². The van der Waals surface area contributed by atoms with E-state index in [2.05, 4.69) is 145 Å².